The Kier molecular flexibility index (Phi) is 4.39. The van der Waals surface area contributed by atoms with E-state index in [0.29, 0.717) is 23.7 Å². The van der Waals surface area contributed by atoms with Crippen LogP contribution in [0.25, 0.3) is 0 Å². The minimum Gasteiger partial charge on any atom is -0.504 e. The average molecular weight is 409 g/mol. The van der Waals surface area contributed by atoms with Crippen LogP contribution in [0.15, 0.2) is 24.3 Å². The third-order valence-corrected chi connectivity index (χ3v) is 7.68. The van der Waals surface area contributed by atoms with Gasteiger partial charge in [-0.3, -0.25) is 4.90 Å². The summed E-state index contributed by atoms with van der Waals surface area (Å²) in [6.07, 6.45) is 6.60. The highest BCUT2D eigenvalue weighted by molar-refractivity contribution is 6.18. The van der Waals surface area contributed by atoms with E-state index in [1.807, 2.05) is 0 Å². The molecule has 0 saturated carbocycles. The zero-order valence-electron chi connectivity index (χ0n) is 15.6. The summed E-state index contributed by atoms with van der Waals surface area (Å²) in [6.45, 7) is 2.72. The molecule has 4 nitrogen and oxygen atoms in total. The van der Waals surface area contributed by atoms with Crippen molar-refractivity contribution in [1.29, 1.82) is 0 Å². The number of halogens is 2. The first kappa shape index (κ1) is 18.1. The largest absolute Gasteiger partial charge is 0.504 e. The number of nitrogens with zero attached hydrogens (tertiary/aromatic N) is 2. The molecule has 6 heteroatoms. The summed E-state index contributed by atoms with van der Waals surface area (Å²) in [5.41, 5.74) is 2.55. The second kappa shape index (κ2) is 6.55. The summed E-state index contributed by atoms with van der Waals surface area (Å²) < 4.78 is 6.37. The lowest BCUT2D eigenvalue weighted by atomic mass is 9.52. The summed E-state index contributed by atoms with van der Waals surface area (Å²) in [7, 11) is 2.25. The normalized spacial score (nSPS) is 36.0. The molecule has 1 N–H and O–H groups in total. The van der Waals surface area contributed by atoms with Gasteiger partial charge in [-0.05, 0) is 44.1 Å². The molecule has 1 saturated heterocycles. The van der Waals surface area contributed by atoms with E-state index in [4.69, 9.17) is 27.9 Å². The van der Waals surface area contributed by atoms with Crippen molar-refractivity contribution in [3.8, 4) is 11.5 Å². The lowest BCUT2D eigenvalue weighted by molar-refractivity contribution is -0.0408. The Bertz CT molecular complexity index is 780. The molecule has 146 valence electrons. The number of rotatable bonds is 5. The Morgan fingerprint density at radius 2 is 2.04 bits per heavy atom. The number of likely N-dealkylation sites (N-methyl/N-ethyl adjacent to an activating group) is 1. The molecule has 2 aliphatic heterocycles. The van der Waals surface area contributed by atoms with Crippen molar-refractivity contribution < 1.29 is 9.84 Å². The van der Waals surface area contributed by atoms with E-state index in [1.165, 1.54) is 11.1 Å². The molecule has 0 aromatic heterocycles. The number of benzene rings is 1. The molecule has 5 atom stereocenters. The van der Waals surface area contributed by atoms with Crippen LogP contribution in [-0.4, -0.2) is 71.5 Å². The lowest BCUT2D eigenvalue weighted by Gasteiger charge is -2.59. The van der Waals surface area contributed by atoms with Crippen molar-refractivity contribution in [3.63, 3.8) is 0 Å². The summed E-state index contributed by atoms with van der Waals surface area (Å²) in [4.78, 5) is 4.96. The predicted molar refractivity (Wildman–Crippen MR) is 108 cm³/mol. The molecule has 2 heterocycles. The smallest absolute Gasteiger partial charge is 0.166 e. The maximum atomic E-state index is 10.5. The summed E-state index contributed by atoms with van der Waals surface area (Å²) >= 11 is 12.3. The zero-order valence-corrected chi connectivity index (χ0v) is 17.1. The fraction of sp³-hybridized carbons (Fsp3) is 0.619. The first-order valence-electron chi connectivity index (χ1n) is 9.88. The molecule has 1 aromatic carbocycles. The van der Waals surface area contributed by atoms with Crippen molar-refractivity contribution >= 4 is 23.2 Å². The van der Waals surface area contributed by atoms with Crippen LogP contribution >= 0.6 is 23.2 Å². The molecule has 4 aliphatic rings. The molecule has 5 rings (SSSR count). The number of likely N-dealkylation sites (tertiary alicyclic amines) is 1. The number of piperidine rings is 1. The fourth-order valence-corrected chi connectivity index (χ4v) is 6.72. The molecular formula is C21H26Cl2N2O2. The first-order valence-corrected chi connectivity index (χ1v) is 10.9. The van der Waals surface area contributed by atoms with Gasteiger partial charge >= 0.3 is 0 Å². The Morgan fingerprint density at radius 3 is 2.78 bits per heavy atom. The number of hydrogen-bond donors (Lipinski definition) is 1. The Balaban J connectivity index is 1.69. The second-order valence-corrected chi connectivity index (χ2v) is 9.10. The maximum absolute atomic E-state index is 10.5. The van der Waals surface area contributed by atoms with Gasteiger partial charge in [-0.25, -0.2) is 0 Å². The highest BCUT2D eigenvalue weighted by Crippen LogP contribution is 2.62. The van der Waals surface area contributed by atoms with Crippen LogP contribution in [0.2, 0.25) is 0 Å². The highest BCUT2D eigenvalue weighted by Gasteiger charge is 2.64. The van der Waals surface area contributed by atoms with Crippen LogP contribution in [0.1, 0.15) is 17.5 Å². The van der Waals surface area contributed by atoms with Crippen molar-refractivity contribution in [2.45, 2.75) is 36.4 Å². The third kappa shape index (κ3) is 2.37. The molecule has 1 aromatic rings. The molecule has 27 heavy (non-hydrogen) atoms. The van der Waals surface area contributed by atoms with Crippen molar-refractivity contribution in [2.75, 3.05) is 38.4 Å². The number of alkyl halides is 2. The Hall–Kier alpha value is -0.940. The Labute approximate surface area is 170 Å². The van der Waals surface area contributed by atoms with Crippen LogP contribution in [0.3, 0.4) is 0 Å². The monoisotopic (exact) mass is 408 g/mol. The van der Waals surface area contributed by atoms with E-state index >= 15 is 0 Å². The summed E-state index contributed by atoms with van der Waals surface area (Å²) in [5.74, 6) is 2.61. The molecule has 1 spiro atoms. The van der Waals surface area contributed by atoms with Gasteiger partial charge in [0.15, 0.2) is 11.5 Å². The standard InChI is InChI=1S/C21H26Cl2N2O2/c1-24-9-6-21-17-5-3-14(25(10-7-22)11-8-23)19(21)15(24)12-13-2-4-16(26)20(27-17)18(13)21/h2-5,14-15,17,19,26H,6-12H2,1H3/t14-,15+,17-,19-,21+/m0/s1. The van der Waals surface area contributed by atoms with Crippen molar-refractivity contribution in [1.82, 2.24) is 9.80 Å². The van der Waals surface area contributed by atoms with Gasteiger partial charge in [0.2, 0.25) is 0 Å². The third-order valence-electron chi connectivity index (χ3n) is 7.34. The molecule has 0 radical (unpaired) electrons. The lowest BCUT2D eigenvalue weighted by Crippen LogP contribution is -2.68. The van der Waals surface area contributed by atoms with E-state index in [1.54, 1.807) is 6.07 Å². The topological polar surface area (TPSA) is 35.9 Å². The van der Waals surface area contributed by atoms with E-state index in [0.717, 1.165) is 38.2 Å². The highest BCUT2D eigenvalue weighted by atomic mass is 35.5. The van der Waals surface area contributed by atoms with Gasteiger partial charge in [-0.1, -0.05) is 12.1 Å². The first-order chi connectivity index (χ1) is 13.1. The zero-order chi connectivity index (χ0) is 18.8. The van der Waals surface area contributed by atoms with Crippen LogP contribution in [0.4, 0.5) is 0 Å². The maximum Gasteiger partial charge on any atom is 0.166 e. The minimum absolute atomic E-state index is 0.00570. The molecular weight excluding hydrogens is 383 g/mol. The summed E-state index contributed by atoms with van der Waals surface area (Å²) in [5, 5.41) is 10.5. The van der Waals surface area contributed by atoms with Crippen molar-refractivity contribution in [3.05, 3.63) is 35.4 Å². The van der Waals surface area contributed by atoms with Crippen LogP contribution in [0.5, 0.6) is 11.5 Å². The molecule has 0 unspecified atom stereocenters. The Morgan fingerprint density at radius 1 is 1.26 bits per heavy atom. The van der Waals surface area contributed by atoms with E-state index in [-0.39, 0.29) is 23.3 Å². The molecule has 0 amide bonds. The van der Waals surface area contributed by atoms with Gasteiger partial charge in [0.1, 0.15) is 6.10 Å². The quantitative estimate of drug-likeness (QED) is 0.599. The number of phenolic OH excluding ortho intramolecular Hbond substituents is 1. The molecule has 1 fully saturated rings. The van der Waals surface area contributed by atoms with E-state index < -0.39 is 0 Å². The van der Waals surface area contributed by atoms with Gasteiger partial charge in [0.05, 0.1) is 0 Å². The van der Waals surface area contributed by atoms with E-state index in [9.17, 15) is 5.11 Å². The van der Waals surface area contributed by atoms with Crippen molar-refractivity contribution in [2.24, 2.45) is 5.92 Å². The number of ether oxygens (including phenoxy) is 1. The van der Waals surface area contributed by atoms with Gasteiger partial charge in [0, 0.05) is 53.8 Å². The van der Waals surface area contributed by atoms with Gasteiger partial charge in [0.25, 0.3) is 0 Å². The number of phenols is 1. The number of aromatic hydroxyl groups is 1. The molecule has 2 bridgehead atoms. The van der Waals surface area contributed by atoms with E-state index in [2.05, 4.69) is 35.1 Å². The van der Waals surface area contributed by atoms with Crippen LogP contribution < -0.4 is 4.74 Å². The number of hydrogen-bond acceptors (Lipinski definition) is 4. The van der Waals surface area contributed by atoms with Gasteiger partial charge in [-0.2, -0.15) is 0 Å². The second-order valence-electron chi connectivity index (χ2n) is 8.34. The summed E-state index contributed by atoms with van der Waals surface area (Å²) in [6, 6.07) is 4.65. The SMILES string of the molecule is CN1CC[C@]23c4c5ccc(O)c4O[C@H]2C=C[C@H](N(CCCl)CCCl)[C@H]3[C@H]1C5. The fourth-order valence-electron chi connectivity index (χ4n) is 6.28. The molecule has 2 aliphatic carbocycles. The predicted octanol–water partition coefficient (Wildman–Crippen LogP) is 2.99. The van der Waals surface area contributed by atoms with Crippen LogP contribution in [0, 0.1) is 5.92 Å². The average Bonchev–Trinajstić information content (AvgIpc) is 3.00. The minimum atomic E-state index is -0.0604. The van der Waals surface area contributed by atoms with Gasteiger partial charge in [-0.15, -0.1) is 23.2 Å². The van der Waals surface area contributed by atoms with Gasteiger partial charge < -0.3 is 14.7 Å². The van der Waals surface area contributed by atoms with Crippen LogP contribution in [-0.2, 0) is 11.8 Å².